The Morgan fingerprint density at radius 3 is 2.33 bits per heavy atom. The normalized spacial score (nSPS) is 12.1. The third-order valence-corrected chi connectivity index (χ3v) is 5.24. The first-order chi connectivity index (χ1) is 15.5. The van der Waals surface area contributed by atoms with Gasteiger partial charge in [0.1, 0.15) is 0 Å². The van der Waals surface area contributed by atoms with Crippen molar-refractivity contribution in [1.29, 1.82) is 0 Å². The van der Waals surface area contributed by atoms with E-state index < -0.39 is 58.1 Å². The van der Waals surface area contributed by atoms with Gasteiger partial charge in [0.15, 0.2) is 29.0 Å². The molecule has 1 atom stereocenters. The standard InChI is InChI=1S/C22H18F4N2O5/c1-9(21(32)27-6-5-16(29)30)17-10(2)28(15-8-14(25)20(31)19(26)18(15)17)22(33)11-3-4-12(23)13(24)7-11/h3-4,7-9,31H,5-6H2,1-2H3,(H,27,32)(H,29,30)/t9-/m0/s1. The molecule has 3 aromatic rings. The molecule has 174 valence electrons. The molecule has 0 saturated heterocycles. The first kappa shape index (κ1) is 23.8. The number of fused-ring (bicyclic) bond motifs is 1. The van der Waals surface area contributed by atoms with E-state index in [0.29, 0.717) is 12.1 Å². The summed E-state index contributed by atoms with van der Waals surface area (Å²) in [5.41, 5.74) is -0.741. The highest BCUT2D eigenvalue weighted by Crippen LogP contribution is 2.38. The molecule has 3 rings (SSSR count). The SMILES string of the molecule is Cc1c([C@H](C)C(=O)NCCC(=O)O)c2c(F)c(O)c(F)cc2n1C(=O)c1ccc(F)c(F)c1. The Morgan fingerprint density at radius 2 is 1.73 bits per heavy atom. The van der Waals surface area contributed by atoms with Crippen LogP contribution in [-0.2, 0) is 9.59 Å². The van der Waals surface area contributed by atoms with E-state index in [2.05, 4.69) is 5.32 Å². The highest BCUT2D eigenvalue weighted by atomic mass is 19.2. The molecular weight excluding hydrogens is 448 g/mol. The number of carboxylic acids is 1. The molecule has 0 aliphatic carbocycles. The van der Waals surface area contributed by atoms with E-state index in [1.54, 1.807) is 0 Å². The molecule has 7 nitrogen and oxygen atoms in total. The van der Waals surface area contributed by atoms with Gasteiger partial charge in [-0.2, -0.15) is 0 Å². The van der Waals surface area contributed by atoms with E-state index >= 15 is 0 Å². The fraction of sp³-hybridized carbons (Fsp3) is 0.227. The summed E-state index contributed by atoms with van der Waals surface area (Å²) in [4.78, 5) is 36.3. The molecule has 3 N–H and O–H groups in total. The highest BCUT2D eigenvalue weighted by Gasteiger charge is 2.31. The van der Waals surface area contributed by atoms with Crippen LogP contribution in [0.2, 0.25) is 0 Å². The van der Waals surface area contributed by atoms with Crippen LogP contribution in [-0.4, -0.2) is 39.1 Å². The fourth-order valence-corrected chi connectivity index (χ4v) is 3.64. The number of carbonyl (C=O) groups excluding carboxylic acids is 2. The molecule has 1 heterocycles. The number of nitrogens with zero attached hydrogens (tertiary/aromatic N) is 1. The van der Waals surface area contributed by atoms with Crippen LogP contribution in [0.1, 0.15) is 40.9 Å². The van der Waals surface area contributed by atoms with Crippen LogP contribution < -0.4 is 5.32 Å². The predicted molar refractivity (Wildman–Crippen MR) is 108 cm³/mol. The van der Waals surface area contributed by atoms with Gasteiger partial charge < -0.3 is 15.5 Å². The highest BCUT2D eigenvalue weighted by molar-refractivity contribution is 6.05. The van der Waals surface area contributed by atoms with E-state index in [-0.39, 0.29) is 35.3 Å². The van der Waals surface area contributed by atoms with Crippen LogP contribution in [0.15, 0.2) is 24.3 Å². The van der Waals surface area contributed by atoms with Gasteiger partial charge in [-0.3, -0.25) is 19.0 Å². The molecule has 0 unspecified atom stereocenters. The summed E-state index contributed by atoms with van der Waals surface area (Å²) in [5, 5.41) is 20.4. The molecule has 0 fully saturated rings. The quantitative estimate of drug-likeness (QED) is 0.481. The average Bonchev–Trinajstić information content (AvgIpc) is 3.04. The van der Waals surface area contributed by atoms with Crippen LogP contribution in [0.3, 0.4) is 0 Å². The number of aliphatic carboxylic acids is 1. The molecule has 1 amide bonds. The Bertz CT molecular complexity index is 1300. The van der Waals surface area contributed by atoms with Crippen molar-refractivity contribution >= 4 is 28.7 Å². The molecule has 0 aliphatic rings. The maximum atomic E-state index is 14.9. The van der Waals surface area contributed by atoms with E-state index in [9.17, 15) is 37.1 Å². The second-order valence-corrected chi connectivity index (χ2v) is 7.34. The summed E-state index contributed by atoms with van der Waals surface area (Å²) in [6.07, 6.45) is -0.367. The molecule has 0 aliphatic heterocycles. The van der Waals surface area contributed by atoms with Gasteiger partial charge in [-0.15, -0.1) is 0 Å². The number of aromatic nitrogens is 1. The van der Waals surface area contributed by atoms with Crippen molar-refractivity contribution in [2.45, 2.75) is 26.2 Å². The molecule has 0 saturated carbocycles. The van der Waals surface area contributed by atoms with Crippen molar-refractivity contribution in [2.24, 2.45) is 0 Å². The number of amides is 1. The number of rotatable bonds is 6. The molecule has 2 aromatic carbocycles. The first-order valence-electron chi connectivity index (χ1n) is 9.66. The van der Waals surface area contributed by atoms with E-state index in [0.717, 1.165) is 16.7 Å². The number of halogens is 4. The third-order valence-electron chi connectivity index (χ3n) is 5.24. The topological polar surface area (TPSA) is 109 Å². The lowest BCUT2D eigenvalue weighted by Gasteiger charge is -2.13. The average molecular weight is 466 g/mol. The summed E-state index contributed by atoms with van der Waals surface area (Å²) in [6.45, 7) is 2.47. The van der Waals surface area contributed by atoms with Gasteiger partial charge in [0.2, 0.25) is 5.91 Å². The summed E-state index contributed by atoms with van der Waals surface area (Å²) in [7, 11) is 0. The maximum absolute atomic E-state index is 14.9. The van der Waals surface area contributed by atoms with Gasteiger partial charge in [0.25, 0.3) is 5.91 Å². The summed E-state index contributed by atoms with van der Waals surface area (Å²) >= 11 is 0. The van der Waals surface area contributed by atoms with Crippen molar-refractivity contribution < 1.29 is 42.2 Å². The summed E-state index contributed by atoms with van der Waals surface area (Å²) in [5.74, 6) is -10.6. The lowest BCUT2D eigenvalue weighted by Crippen LogP contribution is -2.30. The van der Waals surface area contributed by atoms with Gasteiger partial charge in [0.05, 0.1) is 17.9 Å². The minimum absolute atomic E-state index is 0.00971. The van der Waals surface area contributed by atoms with Gasteiger partial charge in [-0.05, 0) is 37.6 Å². The molecular formula is C22H18F4N2O5. The Labute approximate surface area is 184 Å². The largest absolute Gasteiger partial charge is 0.503 e. The number of hydrogen-bond acceptors (Lipinski definition) is 4. The third kappa shape index (κ3) is 4.26. The second-order valence-electron chi connectivity index (χ2n) is 7.34. The molecule has 0 bridgehead atoms. The molecule has 0 radical (unpaired) electrons. The maximum Gasteiger partial charge on any atom is 0.305 e. The molecule has 33 heavy (non-hydrogen) atoms. The zero-order valence-corrected chi connectivity index (χ0v) is 17.4. The minimum Gasteiger partial charge on any atom is -0.503 e. The number of aromatic hydroxyl groups is 1. The number of phenols is 1. The van der Waals surface area contributed by atoms with E-state index in [1.165, 1.54) is 13.8 Å². The molecule has 1 aromatic heterocycles. The van der Waals surface area contributed by atoms with E-state index in [1.807, 2.05) is 0 Å². The van der Waals surface area contributed by atoms with Gasteiger partial charge in [-0.1, -0.05) is 0 Å². The van der Waals surface area contributed by atoms with Gasteiger partial charge in [0, 0.05) is 29.3 Å². The lowest BCUT2D eigenvalue weighted by atomic mass is 9.96. The Morgan fingerprint density at radius 1 is 1.06 bits per heavy atom. The van der Waals surface area contributed by atoms with Crippen molar-refractivity contribution in [3.05, 3.63) is 64.4 Å². The van der Waals surface area contributed by atoms with Crippen molar-refractivity contribution in [1.82, 2.24) is 9.88 Å². The van der Waals surface area contributed by atoms with Crippen LogP contribution in [0, 0.1) is 30.2 Å². The number of phenolic OH excluding ortho intramolecular Hbond substituents is 1. The van der Waals surface area contributed by atoms with Crippen LogP contribution in [0.5, 0.6) is 5.75 Å². The Kier molecular flexibility index (Phi) is 6.43. The number of benzene rings is 2. The van der Waals surface area contributed by atoms with Crippen LogP contribution in [0.25, 0.3) is 10.9 Å². The van der Waals surface area contributed by atoms with Crippen molar-refractivity contribution in [2.75, 3.05) is 6.54 Å². The van der Waals surface area contributed by atoms with Crippen LogP contribution >= 0.6 is 0 Å². The van der Waals surface area contributed by atoms with Crippen molar-refractivity contribution in [3.63, 3.8) is 0 Å². The fourth-order valence-electron chi connectivity index (χ4n) is 3.64. The molecule has 11 heteroatoms. The second kappa shape index (κ2) is 8.93. The monoisotopic (exact) mass is 466 g/mol. The predicted octanol–water partition coefficient (Wildman–Crippen LogP) is 3.59. The molecule has 0 spiro atoms. The lowest BCUT2D eigenvalue weighted by molar-refractivity contribution is -0.136. The van der Waals surface area contributed by atoms with Crippen LogP contribution in [0.4, 0.5) is 17.6 Å². The van der Waals surface area contributed by atoms with E-state index in [4.69, 9.17) is 5.11 Å². The van der Waals surface area contributed by atoms with Crippen molar-refractivity contribution in [3.8, 4) is 5.75 Å². The van der Waals surface area contributed by atoms with Gasteiger partial charge in [-0.25, -0.2) is 17.6 Å². The number of carbonyl (C=O) groups is 3. The zero-order valence-electron chi connectivity index (χ0n) is 17.4. The Hall–Kier alpha value is -3.89. The number of carboxylic acid groups (broad SMARTS) is 1. The number of nitrogens with one attached hydrogen (secondary N) is 1. The zero-order chi connectivity index (χ0) is 24.6. The Balaban J connectivity index is 2.20. The number of hydrogen-bond donors (Lipinski definition) is 3. The summed E-state index contributed by atoms with van der Waals surface area (Å²) < 4.78 is 56.9. The minimum atomic E-state index is -1.41. The van der Waals surface area contributed by atoms with Gasteiger partial charge >= 0.3 is 5.97 Å². The summed E-state index contributed by atoms with van der Waals surface area (Å²) in [6, 6.07) is 3.02. The first-order valence-corrected chi connectivity index (χ1v) is 9.66. The smallest absolute Gasteiger partial charge is 0.305 e.